The van der Waals surface area contributed by atoms with Gasteiger partial charge in [-0.1, -0.05) is 13.0 Å². The van der Waals surface area contributed by atoms with Crippen LogP contribution in [0.1, 0.15) is 23.7 Å². The van der Waals surface area contributed by atoms with E-state index < -0.39 is 18.0 Å². The standard InChI is InChI=1S/C12H16N2O4/c1-3-8(11(14)15)18-9-6-4-5-7(13)10(9)12(16)17-2/h4-6,8H,3,13H2,1-2H3,(H2,14,15). The molecule has 1 atom stereocenters. The zero-order chi connectivity index (χ0) is 13.7. The van der Waals surface area contributed by atoms with Gasteiger partial charge in [-0.3, -0.25) is 4.79 Å². The van der Waals surface area contributed by atoms with Crippen molar-refractivity contribution in [3.63, 3.8) is 0 Å². The highest BCUT2D eigenvalue weighted by Gasteiger charge is 2.21. The van der Waals surface area contributed by atoms with E-state index in [1.807, 2.05) is 0 Å². The number of hydrogen-bond acceptors (Lipinski definition) is 5. The van der Waals surface area contributed by atoms with Crippen molar-refractivity contribution in [2.45, 2.75) is 19.4 Å². The summed E-state index contributed by atoms with van der Waals surface area (Å²) >= 11 is 0. The van der Waals surface area contributed by atoms with Gasteiger partial charge in [-0.2, -0.15) is 0 Å². The van der Waals surface area contributed by atoms with Crippen molar-refractivity contribution in [3.8, 4) is 5.75 Å². The second-order valence-corrected chi connectivity index (χ2v) is 3.63. The zero-order valence-corrected chi connectivity index (χ0v) is 10.3. The average molecular weight is 252 g/mol. The van der Waals surface area contributed by atoms with Crippen LogP contribution in [0.3, 0.4) is 0 Å². The lowest BCUT2D eigenvalue weighted by atomic mass is 10.1. The van der Waals surface area contributed by atoms with Gasteiger partial charge in [0, 0.05) is 5.69 Å². The number of carbonyl (C=O) groups is 2. The first-order valence-corrected chi connectivity index (χ1v) is 5.44. The molecule has 0 heterocycles. The lowest BCUT2D eigenvalue weighted by Crippen LogP contribution is -2.33. The Labute approximate surface area is 105 Å². The molecule has 0 bridgehead atoms. The minimum Gasteiger partial charge on any atom is -0.480 e. The summed E-state index contributed by atoms with van der Waals surface area (Å²) in [6.07, 6.45) is -0.416. The van der Waals surface area contributed by atoms with E-state index in [4.69, 9.17) is 16.2 Å². The summed E-state index contributed by atoms with van der Waals surface area (Å²) in [6, 6.07) is 4.70. The highest BCUT2D eigenvalue weighted by Crippen LogP contribution is 2.26. The Kier molecular flexibility index (Phi) is 4.53. The fourth-order valence-electron chi connectivity index (χ4n) is 1.46. The average Bonchev–Trinajstić information content (AvgIpc) is 2.34. The number of carbonyl (C=O) groups excluding carboxylic acids is 2. The number of esters is 1. The molecular weight excluding hydrogens is 236 g/mol. The second-order valence-electron chi connectivity index (χ2n) is 3.63. The van der Waals surface area contributed by atoms with Crippen molar-refractivity contribution >= 4 is 17.6 Å². The van der Waals surface area contributed by atoms with E-state index in [1.54, 1.807) is 19.1 Å². The fourth-order valence-corrected chi connectivity index (χ4v) is 1.46. The van der Waals surface area contributed by atoms with Crippen LogP contribution < -0.4 is 16.2 Å². The quantitative estimate of drug-likeness (QED) is 0.592. The molecule has 0 spiro atoms. The van der Waals surface area contributed by atoms with Crippen molar-refractivity contribution in [2.24, 2.45) is 5.73 Å². The number of ether oxygens (including phenoxy) is 2. The maximum absolute atomic E-state index is 11.6. The summed E-state index contributed by atoms with van der Waals surface area (Å²) in [5.41, 5.74) is 11.2. The van der Waals surface area contributed by atoms with Gasteiger partial charge in [0.2, 0.25) is 0 Å². The predicted molar refractivity (Wildman–Crippen MR) is 66.1 cm³/mol. The SMILES string of the molecule is CCC(Oc1cccc(N)c1C(=O)OC)C(N)=O. The molecule has 1 aromatic carbocycles. The van der Waals surface area contributed by atoms with E-state index in [-0.39, 0.29) is 17.0 Å². The Balaban J connectivity index is 3.12. The Hall–Kier alpha value is -2.24. The van der Waals surface area contributed by atoms with Crippen molar-refractivity contribution < 1.29 is 19.1 Å². The van der Waals surface area contributed by atoms with Crippen LogP contribution in [0.5, 0.6) is 5.75 Å². The van der Waals surface area contributed by atoms with Crippen LogP contribution in [-0.2, 0) is 9.53 Å². The van der Waals surface area contributed by atoms with Gasteiger partial charge in [0.25, 0.3) is 5.91 Å². The molecule has 0 aliphatic heterocycles. The van der Waals surface area contributed by atoms with E-state index in [1.165, 1.54) is 13.2 Å². The maximum Gasteiger partial charge on any atom is 0.343 e. The lowest BCUT2D eigenvalue weighted by Gasteiger charge is -2.17. The molecule has 6 nitrogen and oxygen atoms in total. The zero-order valence-electron chi connectivity index (χ0n) is 10.3. The molecule has 1 aromatic rings. The van der Waals surface area contributed by atoms with E-state index >= 15 is 0 Å². The van der Waals surface area contributed by atoms with Gasteiger partial charge in [0.15, 0.2) is 6.10 Å². The molecule has 98 valence electrons. The van der Waals surface area contributed by atoms with Gasteiger partial charge in [0.05, 0.1) is 7.11 Å². The molecule has 6 heteroatoms. The smallest absolute Gasteiger partial charge is 0.343 e. The molecule has 0 aromatic heterocycles. The number of anilines is 1. The molecule has 0 radical (unpaired) electrons. The van der Waals surface area contributed by atoms with E-state index in [2.05, 4.69) is 4.74 Å². The van der Waals surface area contributed by atoms with Gasteiger partial charge in [0.1, 0.15) is 11.3 Å². The van der Waals surface area contributed by atoms with Gasteiger partial charge in [-0.05, 0) is 18.6 Å². The first kappa shape index (κ1) is 13.8. The Bertz CT molecular complexity index is 459. The molecule has 4 N–H and O–H groups in total. The Morgan fingerprint density at radius 1 is 1.39 bits per heavy atom. The molecule has 0 saturated carbocycles. The second kappa shape index (κ2) is 5.90. The topological polar surface area (TPSA) is 105 Å². The normalized spacial score (nSPS) is 11.7. The predicted octanol–water partition coefficient (Wildman–Crippen LogP) is 0.698. The summed E-state index contributed by atoms with van der Waals surface area (Å²) in [7, 11) is 1.24. The number of amides is 1. The molecule has 1 unspecified atom stereocenters. The number of benzene rings is 1. The summed E-state index contributed by atoms with van der Waals surface area (Å²) < 4.78 is 10.0. The number of hydrogen-bond donors (Lipinski definition) is 2. The van der Waals surface area contributed by atoms with Crippen LogP contribution in [0.2, 0.25) is 0 Å². The van der Waals surface area contributed by atoms with Gasteiger partial charge in [-0.25, -0.2) is 4.79 Å². The first-order valence-electron chi connectivity index (χ1n) is 5.44. The third kappa shape index (κ3) is 2.91. The Morgan fingerprint density at radius 3 is 2.56 bits per heavy atom. The maximum atomic E-state index is 11.6. The third-order valence-corrected chi connectivity index (χ3v) is 2.41. The van der Waals surface area contributed by atoms with E-state index in [0.29, 0.717) is 6.42 Å². The fraction of sp³-hybridized carbons (Fsp3) is 0.333. The van der Waals surface area contributed by atoms with Crippen molar-refractivity contribution in [1.29, 1.82) is 0 Å². The summed E-state index contributed by atoms with van der Waals surface area (Å²) in [6.45, 7) is 1.75. The van der Waals surface area contributed by atoms with Crippen molar-refractivity contribution in [2.75, 3.05) is 12.8 Å². The van der Waals surface area contributed by atoms with Gasteiger partial charge >= 0.3 is 5.97 Å². The van der Waals surface area contributed by atoms with Crippen LogP contribution in [0.25, 0.3) is 0 Å². The minimum absolute atomic E-state index is 0.0969. The van der Waals surface area contributed by atoms with E-state index in [0.717, 1.165) is 0 Å². The van der Waals surface area contributed by atoms with Crippen LogP contribution in [0, 0.1) is 0 Å². The molecule has 0 saturated heterocycles. The molecular formula is C12H16N2O4. The minimum atomic E-state index is -0.810. The number of methoxy groups -OCH3 is 1. The van der Waals surface area contributed by atoms with Crippen LogP contribution in [-0.4, -0.2) is 25.1 Å². The Morgan fingerprint density at radius 2 is 2.06 bits per heavy atom. The molecule has 0 aliphatic carbocycles. The van der Waals surface area contributed by atoms with E-state index in [9.17, 15) is 9.59 Å². The molecule has 0 aliphatic rings. The summed E-state index contributed by atoms with van der Waals surface area (Å²) in [5.74, 6) is -1.04. The van der Waals surface area contributed by atoms with Gasteiger partial charge < -0.3 is 20.9 Å². The monoisotopic (exact) mass is 252 g/mol. The molecule has 18 heavy (non-hydrogen) atoms. The number of rotatable bonds is 5. The molecule has 1 amide bonds. The lowest BCUT2D eigenvalue weighted by molar-refractivity contribution is -0.124. The van der Waals surface area contributed by atoms with Crippen LogP contribution in [0.4, 0.5) is 5.69 Å². The van der Waals surface area contributed by atoms with Gasteiger partial charge in [-0.15, -0.1) is 0 Å². The van der Waals surface area contributed by atoms with Crippen LogP contribution >= 0.6 is 0 Å². The largest absolute Gasteiger partial charge is 0.480 e. The summed E-state index contributed by atoms with van der Waals surface area (Å²) in [4.78, 5) is 22.7. The molecule has 1 rings (SSSR count). The summed E-state index contributed by atoms with van der Waals surface area (Å²) in [5, 5.41) is 0. The molecule has 0 fully saturated rings. The third-order valence-electron chi connectivity index (χ3n) is 2.41. The van der Waals surface area contributed by atoms with Crippen molar-refractivity contribution in [3.05, 3.63) is 23.8 Å². The number of primary amides is 1. The van der Waals surface area contributed by atoms with Crippen molar-refractivity contribution in [1.82, 2.24) is 0 Å². The highest BCUT2D eigenvalue weighted by atomic mass is 16.5. The first-order chi connectivity index (χ1) is 8.51. The van der Waals surface area contributed by atoms with Crippen LogP contribution in [0.15, 0.2) is 18.2 Å². The number of nitrogen functional groups attached to an aromatic ring is 1. The highest BCUT2D eigenvalue weighted by molar-refractivity contribution is 5.98. The number of nitrogens with two attached hydrogens (primary N) is 2.